The van der Waals surface area contributed by atoms with E-state index in [1.807, 2.05) is 37.3 Å². The molecule has 2 rings (SSSR count). The van der Waals surface area contributed by atoms with Crippen molar-refractivity contribution in [1.29, 1.82) is 0 Å². The summed E-state index contributed by atoms with van der Waals surface area (Å²) in [4.78, 5) is 0.206. The quantitative estimate of drug-likeness (QED) is 0.512. The van der Waals surface area contributed by atoms with Crippen LogP contribution < -0.4 is 0 Å². The molecule has 0 spiro atoms. The van der Waals surface area contributed by atoms with E-state index in [-0.39, 0.29) is 9.93 Å². The van der Waals surface area contributed by atoms with E-state index in [0.29, 0.717) is 0 Å². The Kier molecular flexibility index (Phi) is 5.61. The van der Waals surface area contributed by atoms with Gasteiger partial charge in [-0.15, -0.1) is 0 Å². The molecule has 3 nitrogen and oxygen atoms in total. The maximum atomic E-state index is 12.9. The van der Waals surface area contributed by atoms with Crippen molar-refractivity contribution in [3.8, 4) is 0 Å². The van der Waals surface area contributed by atoms with Gasteiger partial charge in [-0.3, -0.25) is 4.18 Å². The molecule has 0 saturated heterocycles. The van der Waals surface area contributed by atoms with Gasteiger partial charge in [-0.05, 0) is 29.7 Å². The van der Waals surface area contributed by atoms with Gasteiger partial charge in [0, 0.05) is 0 Å². The number of hydrogen-bond donors (Lipinski definition) is 0. The van der Waals surface area contributed by atoms with Crippen molar-refractivity contribution in [2.24, 2.45) is 0 Å². The van der Waals surface area contributed by atoms with Crippen LogP contribution in [0.3, 0.4) is 0 Å². The lowest BCUT2D eigenvalue weighted by Gasteiger charge is -2.42. The summed E-state index contributed by atoms with van der Waals surface area (Å²) in [5.74, 6) is 0. The lowest BCUT2D eigenvalue weighted by atomic mass is 10.2. The summed E-state index contributed by atoms with van der Waals surface area (Å²) >= 11 is 0. The smallest absolute Gasteiger partial charge is 0.262 e. The van der Waals surface area contributed by atoms with Gasteiger partial charge in [0.15, 0.2) is 0 Å². The second-order valence-corrected chi connectivity index (χ2v) is 15.2. The molecule has 25 heavy (non-hydrogen) atoms. The molecule has 0 fully saturated rings. The van der Waals surface area contributed by atoms with Gasteiger partial charge in [0.25, 0.3) is 10.1 Å². The fourth-order valence-electron chi connectivity index (χ4n) is 2.50. The number of aryl methyl sites for hydroxylation is 1. The van der Waals surface area contributed by atoms with E-state index in [9.17, 15) is 8.42 Å². The fourth-order valence-corrected chi connectivity index (χ4v) is 6.60. The summed E-state index contributed by atoms with van der Waals surface area (Å²) < 4.78 is 31.7. The monoisotopic (exact) mass is 376 g/mol. The van der Waals surface area contributed by atoms with Gasteiger partial charge in [-0.25, -0.2) is 0 Å². The largest absolute Gasteiger partial charge is 0.297 e. The van der Waals surface area contributed by atoms with Gasteiger partial charge in [0.2, 0.25) is 0 Å². The molecule has 1 unspecified atom stereocenters. The predicted molar refractivity (Wildman–Crippen MR) is 106 cm³/mol. The summed E-state index contributed by atoms with van der Waals surface area (Å²) in [6.45, 7) is 12.8. The van der Waals surface area contributed by atoms with Gasteiger partial charge in [-0.2, -0.15) is 8.42 Å². The van der Waals surface area contributed by atoms with E-state index in [1.54, 1.807) is 24.3 Å². The Hall–Kier alpha value is -1.43. The summed E-state index contributed by atoms with van der Waals surface area (Å²) in [7, 11) is -5.96. The maximum absolute atomic E-state index is 12.9. The normalized spacial score (nSPS) is 14.3. The van der Waals surface area contributed by atoms with E-state index in [4.69, 9.17) is 4.18 Å². The summed E-state index contributed by atoms with van der Waals surface area (Å²) in [5, 5.41) is -0.0176. The molecular formula is C20H28O3SSi. The fraction of sp³-hybridized carbons (Fsp3) is 0.400. The lowest BCUT2D eigenvalue weighted by molar-refractivity contribution is 0.273. The molecule has 136 valence electrons. The molecule has 0 saturated carbocycles. The number of hydrogen-bond acceptors (Lipinski definition) is 3. The highest BCUT2D eigenvalue weighted by atomic mass is 32.2. The minimum atomic E-state index is -3.83. The van der Waals surface area contributed by atoms with Crippen LogP contribution in [-0.2, 0) is 14.3 Å². The first-order valence-electron chi connectivity index (χ1n) is 8.50. The molecule has 0 amide bonds. The molecule has 0 aromatic heterocycles. The Morgan fingerprint density at radius 2 is 1.44 bits per heavy atom. The van der Waals surface area contributed by atoms with Crippen LogP contribution in [0.5, 0.6) is 0 Å². The molecular weight excluding hydrogens is 348 g/mol. The third kappa shape index (κ3) is 4.40. The summed E-state index contributed by atoms with van der Waals surface area (Å²) in [5.41, 5.74) is 1.49. The van der Waals surface area contributed by atoms with Crippen LogP contribution in [0.1, 0.15) is 37.6 Å². The number of benzene rings is 2. The summed E-state index contributed by atoms with van der Waals surface area (Å²) in [6, 6.07) is 16.5. The molecule has 1 atom stereocenters. The zero-order valence-electron chi connectivity index (χ0n) is 15.9. The number of rotatable bonds is 5. The maximum Gasteiger partial charge on any atom is 0.297 e. The lowest BCUT2D eigenvalue weighted by Crippen LogP contribution is -2.45. The van der Waals surface area contributed by atoms with E-state index in [0.717, 1.165) is 11.1 Å². The van der Waals surface area contributed by atoms with Crippen LogP contribution in [-0.4, -0.2) is 16.5 Å². The second-order valence-electron chi connectivity index (χ2n) is 8.13. The molecule has 0 heterocycles. The van der Waals surface area contributed by atoms with E-state index in [1.165, 1.54) is 0 Å². The van der Waals surface area contributed by atoms with E-state index >= 15 is 0 Å². The molecule has 0 bridgehead atoms. The minimum Gasteiger partial charge on any atom is -0.262 e. The van der Waals surface area contributed by atoms with Crippen molar-refractivity contribution in [3.63, 3.8) is 0 Å². The van der Waals surface area contributed by atoms with Gasteiger partial charge in [0.05, 0.1) is 18.7 Å². The highest BCUT2D eigenvalue weighted by molar-refractivity contribution is 7.86. The Morgan fingerprint density at radius 1 is 0.920 bits per heavy atom. The first kappa shape index (κ1) is 19.9. The minimum absolute atomic E-state index is 0.0176. The topological polar surface area (TPSA) is 43.4 Å². The molecule has 0 aliphatic rings. The SMILES string of the molecule is Cc1ccc(S(=O)(=O)OC(c2ccccc2)[Si](C)(C)C(C)(C)C)cc1. The van der Waals surface area contributed by atoms with Crippen LogP contribution in [0.25, 0.3) is 0 Å². The zero-order valence-corrected chi connectivity index (χ0v) is 17.7. The molecule has 2 aromatic rings. The van der Waals surface area contributed by atoms with Crippen LogP contribution in [0.15, 0.2) is 59.5 Å². The Balaban J connectivity index is 2.49. The van der Waals surface area contributed by atoms with Crippen molar-refractivity contribution in [2.45, 2.75) is 56.4 Å². The van der Waals surface area contributed by atoms with Gasteiger partial charge in [-0.1, -0.05) is 81.9 Å². The van der Waals surface area contributed by atoms with E-state index in [2.05, 4.69) is 33.9 Å². The van der Waals surface area contributed by atoms with Crippen molar-refractivity contribution < 1.29 is 12.6 Å². The first-order valence-corrected chi connectivity index (χ1v) is 13.0. The van der Waals surface area contributed by atoms with Crippen molar-refractivity contribution in [1.82, 2.24) is 0 Å². The van der Waals surface area contributed by atoms with Gasteiger partial charge >= 0.3 is 0 Å². The highest BCUT2D eigenvalue weighted by Crippen LogP contribution is 2.46. The predicted octanol–water partition coefficient (Wildman–Crippen LogP) is 5.49. The molecule has 5 heteroatoms. The van der Waals surface area contributed by atoms with Gasteiger partial charge < -0.3 is 0 Å². The molecule has 0 aliphatic carbocycles. The molecule has 0 aliphatic heterocycles. The third-order valence-electron chi connectivity index (χ3n) is 5.22. The van der Waals surface area contributed by atoms with Gasteiger partial charge in [0.1, 0.15) is 0 Å². The van der Waals surface area contributed by atoms with Crippen molar-refractivity contribution in [3.05, 3.63) is 65.7 Å². The average molecular weight is 377 g/mol. The molecule has 0 radical (unpaired) electrons. The average Bonchev–Trinajstić information content (AvgIpc) is 2.53. The standard InChI is InChI=1S/C20H28O3SSi/c1-16-12-14-18(15-13-16)24(21,22)23-19(17-10-8-7-9-11-17)25(5,6)20(2,3)4/h7-15,19H,1-6H3. The Bertz CT molecular complexity index is 804. The van der Waals surface area contributed by atoms with Crippen LogP contribution in [0.4, 0.5) is 0 Å². The molecule has 0 N–H and O–H groups in total. The van der Waals surface area contributed by atoms with Crippen LogP contribution in [0.2, 0.25) is 18.1 Å². The Labute approximate surface area is 153 Å². The van der Waals surface area contributed by atoms with Crippen LogP contribution in [0, 0.1) is 6.92 Å². The van der Waals surface area contributed by atoms with Crippen LogP contribution >= 0.6 is 0 Å². The second kappa shape index (κ2) is 7.06. The zero-order chi connectivity index (χ0) is 18.9. The summed E-state index contributed by atoms with van der Waals surface area (Å²) in [6.07, 6.45) is 0. The van der Waals surface area contributed by atoms with Crippen molar-refractivity contribution >= 4 is 18.2 Å². The first-order chi connectivity index (χ1) is 11.4. The van der Waals surface area contributed by atoms with Crippen molar-refractivity contribution in [2.75, 3.05) is 0 Å². The third-order valence-corrected chi connectivity index (χ3v) is 12.3. The highest BCUT2D eigenvalue weighted by Gasteiger charge is 2.46. The molecule has 2 aromatic carbocycles. The van der Waals surface area contributed by atoms with E-state index < -0.39 is 23.9 Å². The Morgan fingerprint density at radius 3 is 1.92 bits per heavy atom.